The number of carbonyl (C=O) groups excluding carboxylic acids is 2. The number of rotatable bonds is 4. The van der Waals surface area contributed by atoms with E-state index in [9.17, 15) is 9.59 Å². The monoisotopic (exact) mass is 460 g/mol. The summed E-state index contributed by atoms with van der Waals surface area (Å²) in [6, 6.07) is 7.48. The van der Waals surface area contributed by atoms with Crippen molar-refractivity contribution in [1.82, 2.24) is 19.5 Å². The third-order valence-electron chi connectivity index (χ3n) is 6.85. The van der Waals surface area contributed by atoms with Crippen LogP contribution in [0.15, 0.2) is 30.5 Å². The highest BCUT2D eigenvalue weighted by Crippen LogP contribution is 2.34. The molecule has 1 aromatic carbocycles. The van der Waals surface area contributed by atoms with E-state index < -0.39 is 0 Å². The van der Waals surface area contributed by atoms with Gasteiger partial charge in [0.2, 0.25) is 5.91 Å². The Bertz CT molecular complexity index is 1240. The topological polar surface area (TPSA) is 82.8 Å². The third kappa shape index (κ3) is 4.24. The molecule has 1 unspecified atom stereocenters. The van der Waals surface area contributed by atoms with Crippen LogP contribution in [0.2, 0.25) is 0 Å². The lowest BCUT2D eigenvalue weighted by Crippen LogP contribution is -2.39. The van der Waals surface area contributed by atoms with Crippen molar-refractivity contribution in [2.75, 3.05) is 29.9 Å². The van der Waals surface area contributed by atoms with E-state index in [-0.39, 0.29) is 17.9 Å². The molecule has 2 aliphatic rings. The molecule has 2 aromatic heterocycles. The number of anilines is 2. The molecule has 0 spiro atoms. The fourth-order valence-electron chi connectivity index (χ4n) is 5.20. The summed E-state index contributed by atoms with van der Waals surface area (Å²) < 4.78 is 1.84. The number of aryl methyl sites for hydroxylation is 2. The molecular weight excluding hydrogens is 428 g/mol. The lowest BCUT2D eigenvalue weighted by molar-refractivity contribution is -0.114. The van der Waals surface area contributed by atoms with Crippen molar-refractivity contribution in [2.45, 2.75) is 58.9 Å². The van der Waals surface area contributed by atoms with Gasteiger partial charge in [-0.25, -0.2) is 9.50 Å². The van der Waals surface area contributed by atoms with Gasteiger partial charge in [-0.15, -0.1) is 0 Å². The van der Waals surface area contributed by atoms with Crippen LogP contribution in [-0.2, 0) is 4.79 Å². The number of hydrogen-bond acceptors (Lipinski definition) is 5. The highest BCUT2D eigenvalue weighted by molar-refractivity contribution is 6.03. The minimum absolute atomic E-state index is 0.0731. The summed E-state index contributed by atoms with van der Waals surface area (Å²) in [5.41, 5.74) is 4.85. The zero-order chi connectivity index (χ0) is 23.8. The maximum absolute atomic E-state index is 13.8. The molecule has 178 valence electrons. The molecule has 0 saturated carbocycles. The van der Waals surface area contributed by atoms with Gasteiger partial charge in [-0.1, -0.05) is 11.6 Å². The molecule has 1 atom stereocenters. The molecule has 0 radical (unpaired) electrons. The Morgan fingerprint density at radius 1 is 1.03 bits per heavy atom. The number of nitrogens with one attached hydrogen (secondary N) is 1. The number of aromatic nitrogens is 3. The zero-order valence-electron chi connectivity index (χ0n) is 20.2. The predicted molar refractivity (Wildman–Crippen MR) is 132 cm³/mol. The first kappa shape index (κ1) is 22.4. The second kappa shape index (κ2) is 9.08. The van der Waals surface area contributed by atoms with Gasteiger partial charge in [-0.2, -0.15) is 5.10 Å². The van der Waals surface area contributed by atoms with Crippen LogP contribution in [0.5, 0.6) is 0 Å². The van der Waals surface area contributed by atoms with E-state index in [1.54, 1.807) is 6.07 Å². The molecular formula is C26H32N6O2. The lowest BCUT2D eigenvalue weighted by Gasteiger charge is -2.35. The summed E-state index contributed by atoms with van der Waals surface area (Å²) in [6.45, 7) is 8.25. The first-order chi connectivity index (χ1) is 16.4. The maximum atomic E-state index is 13.8. The zero-order valence-corrected chi connectivity index (χ0v) is 20.2. The highest BCUT2D eigenvalue weighted by Gasteiger charge is 2.32. The first-order valence-corrected chi connectivity index (χ1v) is 12.2. The fraction of sp³-hybridized carbons (Fsp3) is 0.462. The van der Waals surface area contributed by atoms with Crippen molar-refractivity contribution in [1.29, 1.82) is 0 Å². The smallest absolute Gasteiger partial charge is 0.256 e. The number of carbonyl (C=O) groups is 2. The summed E-state index contributed by atoms with van der Waals surface area (Å²) in [6.07, 6.45) is 7.30. The Hall–Kier alpha value is -3.42. The molecule has 0 bridgehead atoms. The normalized spacial score (nSPS) is 18.5. The standard InChI is InChI=1S/C26H32N6O2/c1-17-9-10-21(27-19(3)33)20(14-17)26(34)31-13-5-4-8-23(31)22-15-24-28-25(30-11-6-7-12-30)18(2)16-32(24)29-22/h9-10,14-16,23H,4-8,11-13H2,1-3H3,(H,27,33). The van der Waals surface area contributed by atoms with Gasteiger partial charge in [0.25, 0.3) is 5.91 Å². The van der Waals surface area contributed by atoms with Crippen molar-refractivity contribution in [3.8, 4) is 0 Å². The number of benzene rings is 1. The number of amides is 2. The number of likely N-dealkylation sites (tertiary alicyclic amines) is 1. The Morgan fingerprint density at radius 2 is 1.79 bits per heavy atom. The van der Waals surface area contributed by atoms with Crippen LogP contribution in [-0.4, -0.2) is 50.9 Å². The predicted octanol–water partition coefficient (Wildman–Crippen LogP) is 4.27. The van der Waals surface area contributed by atoms with E-state index in [0.29, 0.717) is 17.8 Å². The van der Waals surface area contributed by atoms with Crippen LogP contribution in [0.25, 0.3) is 5.65 Å². The molecule has 1 N–H and O–H groups in total. The van der Waals surface area contributed by atoms with Gasteiger partial charge in [0.1, 0.15) is 5.82 Å². The first-order valence-electron chi connectivity index (χ1n) is 12.2. The third-order valence-corrected chi connectivity index (χ3v) is 6.85. The van der Waals surface area contributed by atoms with Crippen molar-refractivity contribution < 1.29 is 9.59 Å². The maximum Gasteiger partial charge on any atom is 0.256 e. The molecule has 8 heteroatoms. The molecule has 5 rings (SSSR count). The van der Waals surface area contributed by atoms with E-state index in [1.165, 1.54) is 19.8 Å². The van der Waals surface area contributed by atoms with E-state index in [2.05, 4.69) is 17.1 Å². The quantitative estimate of drug-likeness (QED) is 0.629. The number of nitrogens with zero attached hydrogens (tertiary/aromatic N) is 5. The van der Waals surface area contributed by atoms with E-state index in [0.717, 1.165) is 60.6 Å². The van der Waals surface area contributed by atoms with Crippen molar-refractivity contribution in [3.05, 3.63) is 52.8 Å². The van der Waals surface area contributed by atoms with Gasteiger partial charge in [-0.3, -0.25) is 9.59 Å². The summed E-state index contributed by atoms with van der Waals surface area (Å²) >= 11 is 0. The average Bonchev–Trinajstić information content (AvgIpc) is 3.49. The van der Waals surface area contributed by atoms with Crippen molar-refractivity contribution in [2.24, 2.45) is 0 Å². The van der Waals surface area contributed by atoms with Gasteiger partial charge in [0, 0.05) is 44.4 Å². The van der Waals surface area contributed by atoms with E-state index in [1.807, 2.05) is 40.7 Å². The lowest BCUT2D eigenvalue weighted by atomic mass is 9.97. The van der Waals surface area contributed by atoms with Crippen LogP contribution in [0.4, 0.5) is 11.5 Å². The molecule has 3 aromatic rings. The Balaban J connectivity index is 1.49. The Labute approximate surface area is 200 Å². The second-order valence-electron chi connectivity index (χ2n) is 9.55. The fourth-order valence-corrected chi connectivity index (χ4v) is 5.20. The van der Waals surface area contributed by atoms with Gasteiger partial charge in [0.05, 0.1) is 23.0 Å². The SMILES string of the molecule is CC(=O)Nc1ccc(C)cc1C(=O)N1CCCCC1c1cc2nc(N3CCCC3)c(C)cn2n1. The van der Waals surface area contributed by atoms with Crippen LogP contribution in [0.1, 0.15) is 72.2 Å². The molecule has 4 heterocycles. The molecule has 2 amide bonds. The summed E-state index contributed by atoms with van der Waals surface area (Å²) in [5.74, 6) is 0.771. The van der Waals surface area contributed by atoms with Crippen molar-refractivity contribution in [3.63, 3.8) is 0 Å². The second-order valence-corrected chi connectivity index (χ2v) is 9.55. The number of piperidine rings is 1. The van der Waals surface area contributed by atoms with E-state index in [4.69, 9.17) is 10.1 Å². The molecule has 0 aliphatic carbocycles. The van der Waals surface area contributed by atoms with Gasteiger partial charge >= 0.3 is 0 Å². The summed E-state index contributed by atoms with van der Waals surface area (Å²) in [5, 5.41) is 7.67. The van der Waals surface area contributed by atoms with Gasteiger partial charge in [-0.05, 0) is 58.1 Å². The average molecular weight is 461 g/mol. The molecule has 8 nitrogen and oxygen atoms in total. The molecule has 2 aliphatic heterocycles. The van der Waals surface area contributed by atoms with Crippen LogP contribution >= 0.6 is 0 Å². The van der Waals surface area contributed by atoms with Crippen LogP contribution in [0.3, 0.4) is 0 Å². The summed E-state index contributed by atoms with van der Waals surface area (Å²) in [4.78, 5) is 34.7. The Kier molecular flexibility index (Phi) is 5.98. The van der Waals surface area contributed by atoms with E-state index >= 15 is 0 Å². The molecule has 34 heavy (non-hydrogen) atoms. The highest BCUT2D eigenvalue weighted by atomic mass is 16.2. The van der Waals surface area contributed by atoms with Crippen LogP contribution < -0.4 is 10.2 Å². The minimum Gasteiger partial charge on any atom is -0.356 e. The number of hydrogen-bond donors (Lipinski definition) is 1. The molecule has 2 fully saturated rings. The largest absolute Gasteiger partial charge is 0.356 e. The van der Waals surface area contributed by atoms with Crippen LogP contribution in [0, 0.1) is 13.8 Å². The summed E-state index contributed by atoms with van der Waals surface area (Å²) in [7, 11) is 0. The van der Waals surface area contributed by atoms with Crippen molar-refractivity contribution >= 4 is 29.0 Å². The minimum atomic E-state index is -0.191. The Morgan fingerprint density at radius 3 is 2.56 bits per heavy atom. The van der Waals surface area contributed by atoms with Gasteiger partial charge in [0.15, 0.2) is 5.65 Å². The van der Waals surface area contributed by atoms with Gasteiger partial charge < -0.3 is 15.1 Å². The molecule has 2 saturated heterocycles. The number of fused-ring (bicyclic) bond motifs is 1.